The highest BCUT2D eigenvalue weighted by molar-refractivity contribution is 6.00. The number of nitrogens with one attached hydrogen (secondary N) is 2. The fraction of sp³-hybridized carbons (Fsp3) is 0.143. The molecule has 10 nitrogen and oxygen atoms in total. The maximum absolute atomic E-state index is 12.8. The number of para-hydroxylation sites is 2. The number of anilines is 2. The summed E-state index contributed by atoms with van der Waals surface area (Å²) in [5.41, 5.74) is 0.749. The van der Waals surface area contributed by atoms with Crippen LogP contribution in [0, 0.1) is 0 Å². The van der Waals surface area contributed by atoms with E-state index >= 15 is 0 Å². The number of aromatic hydroxyl groups is 1. The third kappa shape index (κ3) is 3.78. The number of H-pyrrole nitrogens is 1. The van der Waals surface area contributed by atoms with Gasteiger partial charge in [-0.25, -0.2) is 19.1 Å². The van der Waals surface area contributed by atoms with Crippen LogP contribution in [0.4, 0.5) is 11.6 Å². The standard InChI is InChI=1S/C21H19N5O5/c1-3-31-19(28)17-16-18(25-20(23-17)22-12-8-10-13(27)11-9-12)26(21(29)24-16)14-6-4-5-7-15(14)30-2/h4-11,27H,3H2,1-2H3,(H,24,29)(H,22,23,25). The Bertz CT molecular complexity index is 1310. The molecular formula is C21H19N5O5. The number of carbonyl (C=O) groups is 1. The number of methoxy groups -OCH3 is 1. The van der Waals surface area contributed by atoms with E-state index in [-0.39, 0.29) is 35.2 Å². The SMILES string of the molecule is CCOC(=O)c1nc(Nc2ccc(O)cc2)nc2c1[nH]c(=O)n2-c1ccccc1OC. The number of nitrogens with zero attached hydrogens (tertiary/aromatic N) is 3. The van der Waals surface area contributed by atoms with Gasteiger partial charge in [-0.2, -0.15) is 4.98 Å². The molecule has 0 aliphatic heterocycles. The molecule has 0 aliphatic carbocycles. The number of ether oxygens (including phenoxy) is 2. The first-order valence-electron chi connectivity index (χ1n) is 9.41. The second-order valence-corrected chi connectivity index (χ2v) is 6.42. The van der Waals surface area contributed by atoms with Crippen molar-refractivity contribution < 1.29 is 19.4 Å². The van der Waals surface area contributed by atoms with Crippen molar-refractivity contribution in [3.8, 4) is 17.2 Å². The molecule has 2 aromatic carbocycles. The third-order valence-corrected chi connectivity index (χ3v) is 4.46. The van der Waals surface area contributed by atoms with Gasteiger partial charge >= 0.3 is 11.7 Å². The Morgan fingerprint density at radius 2 is 1.90 bits per heavy atom. The van der Waals surface area contributed by atoms with Gasteiger partial charge in [0.25, 0.3) is 0 Å². The molecule has 0 spiro atoms. The number of esters is 1. The zero-order valence-electron chi connectivity index (χ0n) is 16.7. The normalized spacial score (nSPS) is 10.8. The lowest BCUT2D eigenvalue weighted by Crippen LogP contribution is -2.16. The quantitative estimate of drug-likeness (QED) is 0.320. The van der Waals surface area contributed by atoms with Crippen molar-refractivity contribution in [1.29, 1.82) is 0 Å². The number of hydrogen-bond acceptors (Lipinski definition) is 8. The highest BCUT2D eigenvalue weighted by Crippen LogP contribution is 2.26. The summed E-state index contributed by atoms with van der Waals surface area (Å²) in [6, 6.07) is 13.2. The van der Waals surface area contributed by atoms with Crippen LogP contribution in [0.1, 0.15) is 17.4 Å². The monoisotopic (exact) mass is 421 g/mol. The maximum atomic E-state index is 12.8. The lowest BCUT2D eigenvalue weighted by atomic mass is 10.3. The molecule has 0 saturated heterocycles. The number of hydrogen-bond donors (Lipinski definition) is 3. The van der Waals surface area contributed by atoms with E-state index in [0.717, 1.165) is 0 Å². The summed E-state index contributed by atoms with van der Waals surface area (Å²) in [4.78, 5) is 36.7. The van der Waals surface area contributed by atoms with Crippen molar-refractivity contribution in [2.75, 3.05) is 19.0 Å². The van der Waals surface area contributed by atoms with Gasteiger partial charge in [0.2, 0.25) is 5.95 Å². The third-order valence-electron chi connectivity index (χ3n) is 4.46. The average Bonchev–Trinajstić information content (AvgIpc) is 3.10. The molecule has 0 fully saturated rings. The van der Waals surface area contributed by atoms with Crippen LogP contribution in [0.5, 0.6) is 11.5 Å². The van der Waals surface area contributed by atoms with E-state index in [1.165, 1.54) is 23.8 Å². The Labute approximate surface area is 176 Å². The molecule has 4 aromatic rings. The van der Waals surface area contributed by atoms with Gasteiger partial charge in [-0.15, -0.1) is 0 Å². The summed E-state index contributed by atoms with van der Waals surface area (Å²) >= 11 is 0. The van der Waals surface area contributed by atoms with Crippen molar-refractivity contribution >= 4 is 28.8 Å². The Morgan fingerprint density at radius 3 is 2.61 bits per heavy atom. The highest BCUT2D eigenvalue weighted by atomic mass is 16.5. The summed E-state index contributed by atoms with van der Waals surface area (Å²) in [5, 5.41) is 12.5. The minimum absolute atomic E-state index is 0.0730. The van der Waals surface area contributed by atoms with Crippen LogP contribution in [0.2, 0.25) is 0 Å². The van der Waals surface area contributed by atoms with Crippen molar-refractivity contribution in [2.45, 2.75) is 6.92 Å². The van der Waals surface area contributed by atoms with Crippen molar-refractivity contribution in [3.63, 3.8) is 0 Å². The van der Waals surface area contributed by atoms with Crippen LogP contribution in [-0.4, -0.2) is 44.3 Å². The molecule has 3 N–H and O–H groups in total. The number of fused-ring (bicyclic) bond motifs is 1. The van der Waals surface area contributed by atoms with Crippen LogP contribution in [-0.2, 0) is 4.74 Å². The van der Waals surface area contributed by atoms with Gasteiger partial charge in [0.05, 0.1) is 19.4 Å². The van der Waals surface area contributed by atoms with E-state index in [1.54, 1.807) is 43.3 Å². The summed E-state index contributed by atoms with van der Waals surface area (Å²) in [6.45, 7) is 1.82. The molecule has 2 aromatic heterocycles. The van der Waals surface area contributed by atoms with Crippen LogP contribution >= 0.6 is 0 Å². The molecule has 0 amide bonds. The predicted octanol–water partition coefficient (Wildman–Crippen LogP) is 2.74. The van der Waals surface area contributed by atoms with E-state index in [2.05, 4.69) is 20.3 Å². The average molecular weight is 421 g/mol. The minimum atomic E-state index is -0.697. The summed E-state index contributed by atoms with van der Waals surface area (Å²) in [5.74, 6) is -0.0689. The molecular weight excluding hydrogens is 402 g/mol. The molecule has 31 heavy (non-hydrogen) atoms. The highest BCUT2D eigenvalue weighted by Gasteiger charge is 2.23. The Kier molecular flexibility index (Phi) is 5.27. The molecule has 0 atom stereocenters. The Morgan fingerprint density at radius 1 is 1.16 bits per heavy atom. The van der Waals surface area contributed by atoms with Crippen LogP contribution in [0.15, 0.2) is 53.3 Å². The second kappa shape index (κ2) is 8.19. The van der Waals surface area contributed by atoms with Crippen LogP contribution in [0.3, 0.4) is 0 Å². The van der Waals surface area contributed by atoms with Crippen molar-refractivity contribution in [1.82, 2.24) is 19.5 Å². The van der Waals surface area contributed by atoms with Gasteiger partial charge < -0.3 is 24.9 Å². The van der Waals surface area contributed by atoms with Crippen LogP contribution in [0.25, 0.3) is 16.9 Å². The predicted molar refractivity (Wildman–Crippen MR) is 113 cm³/mol. The van der Waals surface area contributed by atoms with Gasteiger partial charge in [-0.1, -0.05) is 12.1 Å². The largest absolute Gasteiger partial charge is 0.508 e. The minimum Gasteiger partial charge on any atom is -0.508 e. The zero-order chi connectivity index (χ0) is 22.0. The number of aromatic nitrogens is 4. The number of rotatable bonds is 6. The lowest BCUT2D eigenvalue weighted by Gasteiger charge is -2.11. The molecule has 2 heterocycles. The van der Waals surface area contributed by atoms with Gasteiger partial charge in [-0.05, 0) is 43.3 Å². The van der Waals surface area contributed by atoms with E-state index < -0.39 is 11.7 Å². The van der Waals surface area contributed by atoms with E-state index in [1.807, 2.05) is 0 Å². The van der Waals surface area contributed by atoms with E-state index in [9.17, 15) is 14.7 Å². The molecule has 0 radical (unpaired) electrons. The maximum Gasteiger partial charge on any atom is 0.359 e. The van der Waals surface area contributed by atoms with Gasteiger partial charge in [0.1, 0.15) is 17.0 Å². The second-order valence-electron chi connectivity index (χ2n) is 6.42. The van der Waals surface area contributed by atoms with Gasteiger partial charge in [-0.3, -0.25) is 0 Å². The first-order valence-corrected chi connectivity index (χ1v) is 9.41. The Hall–Kier alpha value is -4.34. The molecule has 0 aliphatic rings. The number of phenols is 1. The van der Waals surface area contributed by atoms with E-state index in [0.29, 0.717) is 17.1 Å². The molecule has 10 heteroatoms. The Balaban J connectivity index is 1.94. The number of aromatic amines is 1. The molecule has 0 saturated carbocycles. The number of imidazole rings is 1. The van der Waals surface area contributed by atoms with E-state index in [4.69, 9.17) is 9.47 Å². The first kappa shape index (κ1) is 20.0. The van der Waals surface area contributed by atoms with Gasteiger partial charge in [0, 0.05) is 5.69 Å². The number of phenolic OH excluding ortho intramolecular Hbond substituents is 1. The topological polar surface area (TPSA) is 131 Å². The molecule has 158 valence electrons. The van der Waals surface area contributed by atoms with Crippen molar-refractivity contribution in [2.24, 2.45) is 0 Å². The molecule has 0 bridgehead atoms. The molecule has 0 unspecified atom stereocenters. The summed E-state index contributed by atoms with van der Waals surface area (Å²) < 4.78 is 11.8. The molecule has 4 rings (SSSR count). The summed E-state index contributed by atoms with van der Waals surface area (Å²) in [7, 11) is 1.50. The van der Waals surface area contributed by atoms with Gasteiger partial charge in [0.15, 0.2) is 11.3 Å². The fourth-order valence-electron chi connectivity index (χ4n) is 3.10. The smallest absolute Gasteiger partial charge is 0.359 e. The number of benzene rings is 2. The fourth-order valence-corrected chi connectivity index (χ4v) is 3.10. The first-order chi connectivity index (χ1) is 15.0. The van der Waals surface area contributed by atoms with Crippen molar-refractivity contribution in [3.05, 3.63) is 64.7 Å². The van der Waals surface area contributed by atoms with Crippen LogP contribution < -0.4 is 15.7 Å². The lowest BCUT2D eigenvalue weighted by molar-refractivity contribution is 0.0522. The summed E-state index contributed by atoms with van der Waals surface area (Å²) in [6.07, 6.45) is 0. The number of carbonyl (C=O) groups excluding carboxylic acids is 1. The zero-order valence-corrected chi connectivity index (χ0v) is 16.7.